The molecule has 0 spiro atoms. The number of primary sulfonamides is 1. The van der Waals surface area contributed by atoms with Gasteiger partial charge in [0.1, 0.15) is 0 Å². The molecule has 0 radical (unpaired) electrons. The van der Waals surface area contributed by atoms with Gasteiger partial charge in [0.25, 0.3) is 0 Å². The van der Waals surface area contributed by atoms with Crippen LogP contribution in [0.25, 0.3) is 0 Å². The number of hydrogen-bond donors (Lipinski definition) is 2. The van der Waals surface area contributed by atoms with E-state index in [0.717, 1.165) is 0 Å². The summed E-state index contributed by atoms with van der Waals surface area (Å²) in [4.78, 5) is 10.8. The van der Waals surface area contributed by atoms with Gasteiger partial charge in [0, 0.05) is 4.47 Å². The molecule has 0 unspecified atom stereocenters. The van der Waals surface area contributed by atoms with Crippen molar-refractivity contribution in [1.29, 1.82) is 0 Å². The summed E-state index contributed by atoms with van der Waals surface area (Å²) in [7, 11) is -3.92. The molecule has 1 aromatic carbocycles. The molecule has 5 nitrogen and oxygen atoms in total. The van der Waals surface area contributed by atoms with Crippen LogP contribution in [0.2, 0.25) is 0 Å². The molecule has 0 atom stereocenters. The fourth-order valence-electron chi connectivity index (χ4n) is 1.47. The molecule has 88 valence electrons. The zero-order valence-corrected chi connectivity index (χ0v) is 11.0. The molecule has 0 fully saturated rings. The molecule has 0 aromatic heterocycles. The van der Waals surface area contributed by atoms with Crippen LogP contribution in [-0.4, -0.2) is 19.5 Å². The predicted molar refractivity (Wildman–Crippen MR) is 61.9 cm³/mol. The van der Waals surface area contributed by atoms with Gasteiger partial charge < -0.3 is 5.11 Å². The van der Waals surface area contributed by atoms with Crippen molar-refractivity contribution in [2.24, 2.45) is 5.14 Å². The first-order chi connectivity index (χ1) is 7.16. The highest BCUT2D eigenvalue weighted by Gasteiger charge is 2.21. The standard InChI is InChI=1S/C9H10BrNO4S/c1-4-6(10)3-7(16(11,14)15)5(2)8(4)9(12)13/h3H,1-2H3,(H,12,13)(H2,11,14,15). The van der Waals surface area contributed by atoms with E-state index in [4.69, 9.17) is 10.2 Å². The van der Waals surface area contributed by atoms with E-state index >= 15 is 0 Å². The van der Waals surface area contributed by atoms with E-state index < -0.39 is 16.0 Å². The Bertz CT molecular complexity index is 565. The maximum absolute atomic E-state index is 11.3. The van der Waals surface area contributed by atoms with E-state index in [1.54, 1.807) is 6.92 Å². The molecular weight excluding hydrogens is 298 g/mol. The molecule has 0 saturated heterocycles. The van der Waals surface area contributed by atoms with Crippen molar-refractivity contribution >= 4 is 31.9 Å². The smallest absolute Gasteiger partial charge is 0.336 e. The van der Waals surface area contributed by atoms with Gasteiger partial charge in [-0.2, -0.15) is 0 Å². The van der Waals surface area contributed by atoms with Gasteiger partial charge in [-0.25, -0.2) is 18.4 Å². The summed E-state index contributed by atoms with van der Waals surface area (Å²) < 4.78 is 22.9. The fourth-order valence-corrected chi connectivity index (χ4v) is 2.86. The molecule has 1 aromatic rings. The third-order valence-electron chi connectivity index (χ3n) is 2.26. The van der Waals surface area contributed by atoms with Gasteiger partial charge in [0.15, 0.2) is 0 Å². The number of carboxylic acid groups (broad SMARTS) is 1. The molecule has 3 N–H and O–H groups in total. The number of benzene rings is 1. The van der Waals surface area contributed by atoms with E-state index in [1.165, 1.54) is 13.0 Å². The normalized spacial score (nSPS) is 11.5. The van der Waals surface area contributed by atoms with Crippen molar-refractivity contribution < 1.29 is 18.3 Å². The molecule has 16 heavy (non-hydrogen) atoms. The van der Waals surface area contributed by atoms with E-state index in [1.807, 2.05) is 0 Å². The maximum Gasteiger partial charge on any atom is 0.336 e. The Morgan fingerprint density at radius 2 is 1.88 bits per heavy atom. The predicted octanol–water partition coefficient (Wildman–Crippen LogP) is 1.41. The minimum atomic E-state index is -3.92. The van der Waals surface area contributed by atoms with E-state index in [2.05, 4.69) is 15.9 Å². The van der Waals surface area contributed by atoms with Crippen LogP contribution in [0.15, 0.2) is 15.4 Å². The third kappa shape index (κ3) is 2.26. The Kier molecular flexibility index (Phi) is 3.41. The van der Waals surface area contributed by atoms with Crippen LogP contribution in [-0.2, 0) is 10.0 Å². The summed E-state index contributed by atoms with van der Waals surface area (Å²) >= 11 is 3.11. The number of halogens is 1. The van der Waals surface area contributed by atoms with Crippen LogP contribution in [0, 0.1) is 13.8 Å². The second kappa shape index (κ2) is 4.15. The third-order valence-corrected chi connectivity index (χ3v) is 4.12. The van der Waals surface area contributed by atoms with Gasteiger partial charge in [-0.1, -0.05) is 15.9 Å². The highest BCUT2D eigenvalue weighted by molar-refractivity contribution is 9.10. The lowest BCUT2D eigenvalue weighted by atomic mass is 10.0. The first-order valence-corrected chi connectivity index (χ1v) is 6.56. The maximum atomic E-state index is 11.3. The average Bonchev–Trinajstić information content (AvgIpc) is 2.09. The molecule has 0 bridgehead atoms. The summed E-state index contributed by atoms with van der Waals surface area (Å²) in [6.07, 6.45) is 0. The zero-order chi connectivity index (χ0) is 12.7. The van der Waals surface area contributed by atoms with E-state index in [-0.39, 0.29) is 16.0 Å². The van der Waals surface area contributed by atoms with Crippen molar-refractivity contribution in [2.75, 3.05) is 0 Å². The number of aromatic carboxylic acids is 1. The Morgan fingerprint density at radius 3 is 2.25 bits per heavy atom. The Labute approximate surface area is 101 Å². The first kappa shape index (κ1) is 13.1. The van der Waals surface area contributed by atoms with Crippen LogP contribution in [0.5, 0.6) is 0 Å². The van der Waals surface area contributed by atoms with Gasteiger partial charge in [0.05, 0.1) is 10.5 Å². The van der Waals surface area contributed by atoms with E-state index in [9.17, 15) is 13.2 Å². The van der Waals surface area contributed by atoms with Gasteiger partial charge >= 0.3 is 5.97 Å². The molecule has 0 amide bonds. The van der Waals surface area contributed by atoms with Crippen molar-refractivity contribution in [2.45, 2.75) is 18.7 Å². The minimum Gasteiger partial charge on any atom is -0.478 e. The Hall–Kier alpha value is -0.920. The largest absolute Gasteiger partial charge is 0.478 e. The average molecular weight is 308 g/mol. The number of carbonyl (C=O) groups is 1. The van der Waals surface area contributed by atoms with E-state index in [0.29, 0.717) is 10.0 Å². The lowest BCUT2D eigenvalue weighted by molar-refractivity contribution is 0.0695. The molecule has 7 heteroatoms. The van der Waals surface area contributed by atoms with Crippen LogP contribution in [0.3, 0.4) is 0 Å². The van der Waals surface area contributed by atoms with Gasteiger partial charge in [-0.15, -0.1) is 0 Å². The minimum absolute atomic E-state index is 0.0431. The molecule has 0 aliphatic carbocycles. The second-order valence-corrected chi connectivity index (χ2v) is 5.72. The summed E-state index contributed by atoms with van der Waals surface area (Å²) in [5.41, 5.74) is 0.575. The van der Waals surface area contributed by atoms with Crippen LogP contribution in [0.1, 0.15) is 21.5 Å². The fraction of sp³-hybridized carbons (Fsp3) is 0.222. The highest BCUT2D eigenvalue weighted by atomic mass is 79.9. The Morgan fingerprint density at radius 1 is 1.38 bits per heavy atom. The van der Waals surface area contributed by atoms with Crippen molar-refractivity contribution in [3.8, 4) is 0 Å². The molecular formula is C9H10BrNO4S. The lowest BCUT2D eigenvalue weighted by Gasteiger charge is -2.11. The number of hydrogen-bond acceptors (Lipinski definition) is 3. The van der Waals surface area contributed by atoms with Gasteiger partial charge in [0.2, 0.25) is 10.0 Å². The lowest BCUT2D eigenvalue weighted by Crippen LogP contribution is -2.16. The second-order valence-electron chi connectivity index (χ2n) is 3.33. The molecule has 0 aliphatic rings. The summed E-state index contributed by atoms with van der Waals surface area (Å²) in [5, 5.41) is 14.0. The van der Waals surface area contributed by atoms with Crippen molar-refractivity contribution in [1.82, 2.24) is 0 Å². The topological polar surface area (TPSA) is 97.5 Å². The number of sulfonamides is 1. The Balaban J connectivity index is 3.78. The summed E-state index contributed by atoms with van der Waals surface area (Å²) in [6, 6.07) is 1.31. The number of rotatable bonds is 2. The van der Waals surface area contributed by atoms with Crippen molar-refractivity contribution in [3.05, 3.63) is 27.2 Å². The molecule has 0 saturated carbocycles. The van der Waals surface area contributed by atoms with Crippen molar-refractivity contribution in [3.63, 3.8) is 0 Å². The first-order valence-electron chi connectivity index (χ1n) is 4.22. The monoisotopic (exact) mass is 307 g/mol. The number of nitrogens with two attached hydrogens (primary N) is 1. The van der Waals surface area contributed by atoms with Crippen LogP contribution >= 0.6 is 15.9 Å². The molecule has 1 rings (SSSR count). The summed E-state index contributed by atoms with van der Waals surface area (Å²) in [5.74, 6) is -1.18. The molecule has 0 aliphatic heterocycles. The van der Waals surface area contributed by atoms with Crippen LogP contribution in [0.4, 0.5) is 0 Å². The van der Waals surface area contributed by atoms with Gasteiger partial charge in [-0.3, -0.25) is 0 Å². The van der Waals surface area contributed by atoms with Crippen LogP contribution < -0.4 is 5.14 Å². The quantitative estimate of drug-likeness (QED) is 0.863. The van der Waals surface area contributed by atoms with Gasteiger partial charge in [-0.05, 0) is 31.0 Å². The molecule has 0 heterocycles. The summed E-state index contributed by atoms with van der Waals surface area (Å²) in [6.45, 7) is 3.01. The SMILES string of the molecule is Cc1c(Br)cc(S(N)(=O)=O)c(C)c1C(=O)O. The highest BCUT2D eigenvalue weighted by Crippen LogP contribution is 2.28. The number of carboxylic acids is 1. The zero-order valence-electron chi connectivity index (χ0n) is 8.61.